The van der Waals surface area contributed by atoms with Crippen molar-refractivity contribution in [2.75, 3.05) is 19.0 Å². The molecule has 0 aliphatic carbocycles. The van der Waals surface area contributed by atoms with Crippen molar-refractivity contribution in [3.05, 3.63) is 26.7 Å². The number of hydrogen-bond donors (Lipinski definition) is 2. The fourth-order valence-corrected chi connectivity index (χ4v) is 1.74. The van der Waals surface area contributed by atoms with E-state index in [4.69, 9.17) is 9.84 Å². The van der Waals surface area contributed by atoms with Crippen LogP contribution in [0.5, 0.6) is 5.75 Å². The molecule has 1 rings (SSSR count). The fraction of sp³-hybridized carbons (Fsp3) is 0.222. The Hall–Kier alpha value is -1.83. The largest absolute Gasteiger partial charge is 0.496 e. The molecule has 0 saturated carbocycles. The molecule has 0 fully saturated rings. The Morgan fingerprint density at radius 1 is 1.65 bits per heavy atom. The van der Waals surface area contributed by atoms with Gasteiger partial charge in [0.25, 0.3) is 5.69 Å². The second-order valence-corrected chi connectivity index (χ2v) is 3.86. The summed E-state index contributed by atoms with van der Waals surface area (Å²) in [6, 6.07) is 2.73. The number of nitrogens with zero attached hydrogens (tertiary/aromatic N) is 1. The SMILES string of the molecule is COc1cc(Br)c(NCC(=O)O)c([N+](=O)[O-])c1. The minimum Gasteiger partial charge on any atom is -0.496 e. The van der Waals surface area contributed by atoms with E-state index in [1.54, 1.807) is 0 Å². The number of hydrogen-bond acceptors (Lipinski definition) is 5. The molecule has 2 N–H and O–H groups in total. The van der Waals surface area contributed by atoms with Gasteiger partial charge in [0.15, 0.2) is 0 Å². The van der Waals surface area contributed by atoms with Gasteiger partial charge in [-0.15, -0.1) is 0 Å². The predicted molar refractivity (Wildman–Crippen MR) is 63.5 cm³/mol. The highest BCUT2D eigenvalue weighted by Gasteiger charge is 2.19. The highest BCUT2D eigenvalue weighted by Crippen LogP contribution is 2.36. The Morgan fingerprint density at radius 2 is 2.29 bits per heavy atom. The summed E-state index contributed by atoms with van der Waals surface area (Å²) < 4.78 is 5.25. The first kappa shape index (κ1) is 13.2. The van der Waals surface area contributed by atoms with Gasteiger partial charge >= 0.3 is 5.97 Å². The molecule has 0 atom stereocenters. The van der Waals surface area contributed by atoms with Crippen molar-refractivity contribution in [1.82, 2.24) is 0 Å². The molecule has 8 heteroatoms. The Kier molecular flexibility index (Phi) is 4.27. The molecular formula is C9H9BrN2O5. The molecule has 92 valence electrons. The van der Waals surface area contributed by atoms with Crippen LogP contribution in [0.3, 0.4) is 0 Å². The number of anilines is 1. The van der Waals surface area contributed by atoms with E-state index in [9.17, 15) is 14.9 Å². The molecule has 0 aliphatic rings. The molecule has 0 aromatic heterocycles. The molecule has 0 unspecified atom stereocenters. The first-order chi connectivity index (χ1) is 7.95. The third-order valence-electron chi connectivity index (χ3n) is 1.89. The number of nitro benzene ring substituents is 1. The maximum Gasteiger partial charge on any atom is 0.322 e. The molecule has 0 heterocycles. The molecule has 0 aliphatic heterocycles. The van der Waals surface area contributed by atoms with Gasteiger partial charge < -0.3 is 15.2 Å². The number of benzene rings is 1. The van der Waals surface area contributed by atoms with Crippen LogP contribution in [0.25, 0.3) is 0 Å². The summed E-state index contributed by atoms with van der Waals surface area (Å²) in [5.74, 6) is -0.800. The number of methoxy groups -OCH3 is 1. The lowest BCUT2D eigenvalue weighted by atomic mass is 10.2. The van der Waals surface area contributed by atoms with Gasteiger partial charge in [0.05, 0.1) is 22.6 Å². The van der Waals surface area contributed by atoms with Crippen molar-refractivity contribution in [3.8, 4) is 5.75 Å². The van der Waals surface area contributed by atoms with Crippen molar-refractivity contribution in [2.45, 2.75) is 0 Å². The monoisotopic (exact) mass is 304 g/mol. The standard InChI is InChI=1S/C9H9BrN2O5/c1-17-5-2-6(10)9(11-4-8(13)14)7(3-5)12(15)16/h2-3,11H,4H2,1H3,(H,13,14). The highest BCUT2D eigenvalue weighted by molar-refractivity contribution is 9.10. The predicted octanol–water partition coefficient (Wildman–Crippen LogP) is 1.86. The average molecular weight is 305 g/mol. The van der Waals surface area contributed by atoms with Gasteiger partial charge in [-0.1, -0.05) is 0 Å². The van der Waals surface area contributed by atoms with Crippen molar-refractivity contribution < 1.29 is 19.6 Å². The third kappa shape index (κ3) is 3.31. The Bertz CT molecular complexity index is 463. The number of carbonyl (C=O) groups is 1. The summed E-state index contributed by atoms with van der Waals surface area (Å²) >= 11 is 3.12. The summed E-state index contributed by atoms with van der Waals surface area (Å²) in [5.41, 5.74) is -0.143. The zero-order valence-electron chi connectivity index (χ0n) is 8.77. The first-order valence-electron chi connectivity index (χ1n) is 4.43. The second kappa shape index (κ2) is 5.48. The van der Waals surface area contributed by atoms with E-state index >= 15 is 0 Å². The maximum atomic E-state index is 10.8. The molecule has 17 heavy (non-hydrogen) atoms. The highest BCUT2D eigenvalue weighted by atomic mass is 79.9. The quantitative estimate of drug-likeness (QED) is 0.636. The topological polar surface area (TPSA) is 102 Å². The number of ether oxygens (including phenoxy) is 1. The van der Waals surface area contributed by atoms with Crippen molar-refractivity contribution in [1.29, 1.82) is 0 Å². The Labute approximate surface area is 105 Å². The van der Waals surface area contributed by atoms with Crippen LogP contribution in [0.1, 0.15) is 0 Å². The van der Waals surface area contributed by atoms with E-state index in [0.29, 0.717) is 10.2 Å². The minimum absolute atomic E-state index is 0.109. The Morgan fingerprint density at radius 3 is 2.76 bits per heavy atom. The fourth-order valence-electron chi connectivity index (χ4n) is 1.17. The van der Waals surface area contributed by atoms with E-state index in [1.165, 1.54) is 19.2 Å². The van der Waals surface area contributed by atoms with E-state index in [-0.39, 0.29) is 11.4 Å². The van der Waals surface area contributed by atoms with Crippen LogP contribution in [0.4, 0.5) is 11.4 Å². The van der Waals surface area contributed by atoms with Crippen LogP contribution < -0.4 is 10.1 Å². The van der Waals surface area contributed by atoms with Gasteiger partial charge in [-0.3, -0.25) is 14.9 Å². The number of rotatable bonds is 5. The summed E-state index contributed by atoms with van der Waals surface area (Å²) in [7, 11) is 1.38. The summed E-state index contributed by atoms with van der Waals surface area (Å²) in [5, 5.41) is 21.8. The van der Waals surface area contributed by atoms with Crippen LogP contribution >= 0.6 is 15.9 Å². The smallest absolute Gasteiger partial charge is 0.322 e. The van der Waals surface area contributed by atoms with Crippen LogP contribution in [0.15, 0.2) is 16.6 Å². The zero-order valence-corrected chi connectivity index (χ0v) is 10.4. The van der Waals surface area contributed by atoms with Gasteiger partial charge in [-0.05, 0) is 22.0 Å². The van der Waals surface area contributed by atoms with E-state index in [2.05, 4.69) is 21.2 Å². The third-order valence-corrected chi connectivity index (χ3v) is 2.52. The van der Waals surface area contributed by atoms with Crippen molar-refractivity contribution in [3.63, 3.8) is 0 Å². The van der Waals surface area contributed by atoms with Crippen molar-refractivity contribution in [2.24, 2.45) is 0 Å². The van der Waals surface area contributed by atoms with Gasteiger partial charge in [0.1, 0.15) is 18.0 Å². The molecule has 0 radical (unpaired) electrons. The average Bonchev–Trinajstić information content (AvgIpc) is 2.25. The number of carboxylic acids is 1. The van der Waals surface area contributed by atoms with Gasteiger partial charge in [-0.2, -0.15) is 0 Å². The lowest BCUT2D eigenvalue weighted by molar-refractivity contribution is -0.384. The van der Waals surface area contributed by atoms with E-state index < -0.39 is 17.4 Å². The molecule has 0 amide bonds. The number of halogens is 1. The Balaban J connectivity index is 3.17. The van der Waals surface area contributed by atoms with Gasteiger partial charge in [0.2, 0.25) is 0 Å². The molecule has 0 spiro atoms. The number of carboxylic acid groups (broad SMARTS) is 1. The van der Waals surface area contributed by atoms with Gasteiger partial charge in [0, 0.05) is 0 Å². The first-order valence-corrected chi connectivity index (χ1v) is 5.22. The maximum absolute atomic E-state index is 10.8. The summed E-state index contributed by atoms with van der Waals surface area (Å²) in [4.78, 5) is 20.6. The molecule has 7 nitrogen and oxygen atoms in total. The molecular weight excluding hydrogens is 296 g/mol. The van der Waals surface area contributed by atoms with E-state index in [0.717, 1.165) is 0 Å². The number of aliphatic carboxylic acids is 1. The van der Waals surface area contributed by atoms with Gasteiger partial charge in [-0.25, -0.2) is 0 Å². The molecule has 1 aromatic rings. The minimum atomic E-state index is -1.11. The lowest BCUT2D eigenvalue weighted by Crippen LogP contribution is -2.13. The molecule has 0 bridgehead atoms. The van der Waals surface area contributed by atoms with Crippen LogP contribution in [-0.4, -0.2) is 29.7 Å². The molecule has 1 aromatic carbocycles. The van der Waals surface area contributed by atoms with Crippen molar-refractivity contribution >= 4 is 33.3 Å². The zero-order chi connectivity index (χ0) is 13.0. The lowest BCUT2D eigenvalue weighted by Gasteiger charge is -2.09. The molecule has 0 saturated heterocycles. The summed E-state index contributed by atoms with van der Waals surface area (Å²) in [6.07, 6.45) is 0. The van der Waals surface area contributed by atoms with Crippen LogP contribution in [-0.2, 0) is 4.79 Å². The second-order valence-electron chi connectivity index (χ2n) is 3.01. The van der Waals surface area contributed by atoms with E-state index in [1.807, 2.05) is 0 Å². The van der Waals surface area contributed by atoms with Crippen LogP contribution in [0.2, 0.25) is 0 Å². The van der Waals surface area contributed by atoms with Crippen LogP contribution in [0, 0.1) is 10.1 Å². The number of nitro groups is 1. The normalized spacial score (nSPS) is 9.76. The summed E-state index contributed by atoms with van der Waals surface area (Å²) in [6.45, 7) is -0.411. The number of nitrogens with one attached hydrogen (secondary N) is 1.